The number of carbonyl (C=O) groups excluding carboxylic acids is 1. The van der Waals surface area contributed by atoms with Crippen LogP contribution in [0.2, 0.25) is 0 Å². The third-order valence-electron chi connectivity index (χ3n) is 3.64. The Kier molecular flexibility index (Phi) is 5.37. The number of benzene rings is 1. The molecular formula is C17H18N4O4S. The number of aromatic amines is 1. The van der Waals surface area contributed by atoms with Gasteiger partial charge in [0.05, 0.1) is 30.4 Å². The highest BCUT2D eigenvalue weighted by atomic mass is 32.2. The Bertz CT molecular complexity index is 950. The Balaban J connectivity index is 1.61. The largest absolute Gasteiger partial charge is 0.467 e. The molecule has 0 radical (unpaired) electrons. The summed E-state index contributed by atoms with van der Waals surface area (Å²) in [5.74, 6) is -0.00199. The average Bonchev–Trinajstić information content (AvgIpc) is 3.30. The molecule has 0 spiro atoms. The summed E-state index contributed by atoms with van der Waals surface area (Å²) in [6, 6.07) is 12.7. The van der Waals surface area contributed by atoms with E-state index in [0.29, 0.717) is 12.2 Å². The summed E-state index contributed by atoms with van der Waals surface area (Å²) >= 11 is 0. The van der Waals surface area contributed by atoms with Crippen LogP contribution < -0.4 is 10.0 Å². The highest BCUT2D eigenvalue weighted by molar-refractivity contribution is 7.92. The van der Waals surface area contributed by atoms with Gasteiger partial charge in [-0.05, 0) is 24.1 Å². The number of sulfonamides is 1. The minimum Gasteiger partial charge on any atom is -0.467 e. The predicted octanol–water partition coefficient (Wildman–Crippen LogP) is 1.92. The Morgan fingerprint density at radius 1 is 1.15 bits per heavy atom. The molecule has 1 aromatic carbocycles. The van der Waals surface area contributed by atoms with Gasteiger partial charge in [0.25, 0.3) is 5.91 Å². The number of nitrogens with zero attached hydrogens (tertiary/aromatic N) is 1. The first-order valence-corrected chi connectivity index (χ1v) is 9.57. The van der Waals surface area contributed by atoms with Crippen LogP contribution in [-0.4, -0.2) is 30.3 Å². The molecule has 9 heteroatoms. The number of rotatable bonds is 8. The second-order valence-corrected chi connectivity index (χ2v) is 7.42. The molecule has 3 rings (SSSR count). The quantitative estimate of drug-likeness (QED) is 0.557. The molecule has 2 heterocycles. The van der Waals surface area contributed by atoms with Gasteiger partial charge in [-0.1, -0.05) is 30.3 Å². The third kappa shape index (κ3) is 4.73. The van der Waals surface area contributed by atoms with Crippen LogP contribution in [0.3, 0.4) is 0 Å². The third-order valence-corrected chi connectivity index (χ3v) is 4.91. The van der Waals surface area contributed by atoms with Crippen molar-refractivity contribution in [2.75, 3.05) is 10.5 Å². The van der Waals surface area contributed by atoms with Crippen molar-refractivity contribution in [3.05, 3.63) is 71.9 Å². The summed E-state index contributed by atoms with van der Waals surface area (Å²) in [6.07, 6.45) is 3.14. The maximum Gasteiger partial charge on any atom is 0.271 e. The fourth-order valence-electron chi connectivity index (χ4n) is 2.32. The first-order valence-electron chi connectivity index (χ1n) is 7.92. The van der Waals surface area contributed by atoms with E-state index in [1.807, 2.05) is 30.3 Å². The molecule has 3 N–H and O–H groups in total. The van der Waals surface area contributed by atoms with Gasteiger partial charge in [0, 0.05) is 0 Å². The van der Waals surface area contributed by atoms with Crippen molar-refractivity contribution in [2.45, 2.75) is 13.0 Å². The lowest BCUT2D eigenvalue weighted by atomic mass is 10.2. The lowest BCUT2D eigenvalue weighted by Gasteiger charge is -2.08. The average molecular weight is 374 g/mol. The van der Waals surface area contributed by atoms with E-state index in [1.54, 1.807) is 12.1 Å². The fraction of sp³-hybridized carbons (Fsp3) is 0.176. The number of anilines is 1. The van der Waals surface area contributed by atoms with E-state index < -0.39 is 15.9 Å². The fourth-order valence-corrected chi connectivity index (χ4v) is 3.42. The van der Waals surface area contributed by atoms with Crippen LogP contribution in [0.4, 0.5) is 5.69 Å². The van der Waals surface area contributed by atoms with Crippen molar-refractivity contribution in [2.24, 2.45) is 0 Å². The summed E-state index contributed by atoms with van der Waals surface area (Å²) in [5.41, 5.74) is 1.07. The molecule has 136 valence electrons. The molecule has 0 fully saturated rings. The topological polar surface area (TPSA) is 117 Å². The molecule has 0 bridgehead atoms. The van der Waals surface area contributed by atoms with E-state index >= 15 is 0 Å². The van der Waals surface area contributed by atoms with E-state index in [1.165, 1.54) is 12.5 Å². The summed E-state index contributed by atoms with van der Waals surface area (Å²) in [6.45, 7) is 0.186. The summed E-state index contributed by atoms with van der Waals surface area (Å²) in [4.78, 5) is 12.2. The molecule has 0 unspecified atom stereocenters. The number of aromatic nitrogens is 2. The number of amides is 1. The summed E-state index contributed by atoms with van der Waals surface area (Å²) in [5, 5.41) is 8.90. The highest BCUT2D eigenvalue weighted by Crippen LogP contribution is 2.14. The van der Waals surface area contributed by atoms with Crippen molar-refractivity contribution < 1.29 is 17.6 Å². The number of nitrogens with one attached hydrogen (secondary N) is 3. The number of hydrogen-bond donors (Lipinski definition) is 3. The zero-order chi connectivity index (χ0) is 18.4. The molecule has 0 aliphatic rings. The van der Waals surface area contributed by atoms with Crippen LogP contribution in [0, 0.1) is 0 Å². The molecule has 0 saturated heterocycles. The SMILES string of the molecule is O=C(NCc1ccco1)c1[nH]ncc1NS(=O)(=O)CCc1ccccc1. The first-order chi connectivity index (χ1) is 12.5. The van der Waals surface area contributed by atoms with E-state index in [4.69, 9.17) is 4.42 Å². The summed E-state index contributed by atoms with van der Waals surface area (Å²) in [7, 11) is -3.63. The number of aryl methyl sites for hydroxylation is 1. The minimum absolute atomic E-state index is 0.0415. The molecule has 8 nitrogen and oxygen atoms in total. The standard InChI is InChI=1S/C17H18N4O4S/c22-17(18-11-14-7-4-9-25-14)16-15(12-19-20-16)21-26(23,24)10-8-13-5-2-1-3-6-13/h1-7,9,12,21H,8,10-11H2,(H,18,22)(H,19,20). The molecule has 2 aromatic heterocycles. The van der Waals surface area contributed by atoms with Crippen molar-refractivity contribution in [1.29, 1.82) is 0 Å². The van der Waals surface area contributed by atoms with Gasteiger partial charge in [-0.25, -0.2) is 8.42 Å². The Labute approximate surface area is 150 Å². The van der Waals surface area contributed by atoms with E-state index in [-0.39, 0.29) is 23.7 Å². The second-order valence-electron chi connectivity index (χ2n) is 5.58. The lowest BCUT2D eigenvalue weighted by molar-refractivity contribution is 0.0944. The Morgan fingerprint density at radius 3 is 2.69 bits per heavy atom. The first kappa shape index (κ1) is 17.7. The van der Waals surface area contributed by atoms with Crippen LogP contribution in [-0.2, 0) is 23.0 Å². The van der Waals surface area contributed by atoms with Gasteiger partial charge in [0.15, 0.2) is 0 Å². The number of H-pyrrole nitrogens is 1. The Hall–Kier alpha value is -3.07. The normalized spacial score (nSPS) is 11.2. The molecule has 26 heavy (non-hydrogen) atoms. The van der Waals surface area contributed by atoms with Crippen molar-refractivity contribution in [3.63, 3.8) is 0 Å². The van der Waals surface area contributed by atoms with E-state index in [0.717, 1.165) is 5.56 Å². The van der Waals surface area contributed by atoms with Crippen LogP contribution in [0.15, 0.2) is 59.3 Å². The van der Waals surface area contributed by atoms with Gasteiger partial charge < -0.3 is 9.73 Å². The molecule has 0 aliphatic heterocycles. The van der Waals surface area contributed by atoms with Gasteiger partial charge in [0.1, 0.15) is 11.5 Å². The second kappa shape index (κ2) is 7.87. The lowest BCUT2D eigenvalue weighted by Crippen LogP contribution is -2.25. The van der Waals surface area contributed by atoms with Crippen LogP contribution in [0.1, 0.15) is 21.8 Å². The van der Waals surface area contributed by atoms with Crippen molar-refractivity contribution >= 4 is 21.6 Å². The van der Waals surface area contributed by atoms with Gasteiger partial charge in [-0.15, -0.1) is 0 Å². The van der Waals surface area contributed by atoms with Crippen LogP contribution >= 0.6 is 0 Å². The molecule has 1 amide bonds. The molecule has 0 atom stereocenters. The molecule has 0 saturated carbocycles. The van der Waals surface area contributed by atoms with Crippen LogP contribution in [0.25, 0.3) is 0 Å². The van der Waals surface area contributed by atoms with E-state index in [9.17, 15) is 13.2 Å². The molecule has 0 aliphatic carbocycles. The smallest absolute Gasteiger partial charge is 0.271 e. The zero-order valence-electron chi connectivity index (χ0n) is 13.8. The van der Waals surface area contributed by atoms with Crippen molar-refractivity contribution in [3.8, 4) is 0 Å². The van der Waals surface area contributed by atoms with Crippen molar-refractivity contribution in [1.82, 2.24) is 15.5 Å². The Morgan fingerprint density at radius 2 is 1.96 bits per heavy atom. The summed E-state index contributed by atoms with van der Waals surface area (Å²) < 4.78 is 32.1. The number of carbonyl (C=O) groups is 1. The molecule has 3 aromatic rings. The number of hydrogen-bond acceptors (Lipinski definition) is 5. The van der Waals surface area contributed by atoms with E-state index in [2.05, 4.69) is 20.2 Å². The molecular weight excluding hydrogens is 356 g/mol. The van der Waals surface area contributed by atoms with Crippen LogP contribution in [0.5, 0.6) is 0 Å². The van der Waals surface area contributed by atoms with Gasteiger partial charge >= 0.3 is 0 Å². The monoisotopic (exact) mass is 374 g/mol. The number of furan rings is 1. The zero-order valence-corrected chi connectivity index (χ0v) is 14.6. The minimum atomic E-state index is -3.63. The van der Waals surface area contributed by atoms with Gasteiger partial charge in [-0.2, -0.15) is 5.10 Å². The maximum absolute atomic E-state index is 12.3. The maximum atomic E-state index is 12.3. The predicted molar refractivity (Wildman–Crippen MR) is 96.0 cm³/mol. The van der Waals surface area contributed by atoms with Gasteiger partial charge in [0.2, 0.25) is 10.0 Å². The highest BCUT2D eigenvalue weighted by Gasteiger charge is 2.19. The van der Waals surface area contributed by atoms with Gasteiger partial charge in [-0.3, -0.25) is 14.6 Å².